The fourth-order valence-electron chi connectivity index (χ4n) is 0.598. The number of rotatable bonds is 3. The van der Waals surface area contributed by atoms with Crippen molar-refractivity contribution >= 4 is 0 Å². The van der Waals surface area contributed by atoms with Crippen molar-refractivity contribution in [3.8, 4) is 0 Å². The summed E-state index contributed by atoms with van der Waals surface area (Å²) in [4.78, 5) is 0. The van der Waals surface area contributed by atoms with Crippen molar-refractivity contribution in [3.63, 3.8) is 0 Å². The van der Waals surface area contributed by atoms with E-state index in [2.05, 4.69) is 0 Å². The highest BCUT2D eigenvalue weighted by Gasteiger charge is 2.12. The first-order valence-corrected chi connectivity index (χ1v) is 3.38. The van der Waals surface area contributed by atoms with Gasteiger partial charge >= 0.3 is 0 Å². The minimum atomic E-state index is -0.750. The van der Waals surface area contributed by atoms with Crippen LogP contribution in [0.5, 0.6) is 0 Å². The Hall–Kier alpha value is -0.300. The lowest BCUT2D eigenvalue weighted by molar-refractivity contribution is -0.00219. The second kappa shape index (κ2) is 3.67. The summed E-state index contributed by atoms with van der Waals surface area (Å²) in [6.45, 7) is 5.41. The van der Waals surface area contributed by atoms with Crippen LogP contribution in [-0.4, -0.2) is 5.60 Å². The second-order valence-electron chi connectivity index (χ2n) is 2.87. The molecule has 0 atom stereocenters. The summed E-state index contributed by atoms with van der Waals surface area (Å²) in [7, 11) is 0. The lowest BCUT2D eigenvalue weighted by atomic mass is 10.0. The first-order chi connectivity index (χ1) is 4.06. The summed E-state index contributed by atoms with van der Waals surface area (Å²) in [5.41, 5.74) is -0.750. The molecule has 1 radical (unpaired) electrons. The lowest BCUT2D eigenvalue weighted by Crippen LogP contribution is -2.15. The summed E-state index contributed by atoms with van der Waals surface area (Å²) in [6, 6.07) is 0. The van der Waals surface area contributed by atoms with Crippen molar-refractivity contribution in [1.82, 2.24) is 0 Å². The maximum Gasteiger partial charge on any atom is 0.0983 e. The molecule has 0 aromatic heterocycles. The highest BCUT2D eigenvalue weighted by Crippen LogP contribution is 2.10. The van der Waals surface area contributed by atoms with E-state index < -0.39 is 5.60 Å². The van der Waals surface area contributed by atoms with Crippen LogP contribution in [0.3, 0.4) is 0 Å². The molecule has 0 spiro atoms. The van der Waals surface area contributed by atoms with Crippen LogP contribution in [0.2, 0.25) is 0 Å². The molecule has 1 heteroatoms. The number of hydrogen-bond acceptors (Lipinski definition) is 0. The number of allylic oxidation sites excluding steroid dienone is 2. The Balaban J connectivity index is 3.28. The molecular formula is C8H15O. The fourth-order valence-corrected chi connectivity index (χ4v) is 0.598. The van der Waals surface area contributed by atoms with E-state index in [1.165, 1.54) is 0 Å². The van der Waals surface area contributed by atoms with Crippen molar-refractivity contribution in [2.24, 2.45) is 0 Å². The topological polar surface area (TPSA) is 19.9 Å². The van der Waals surface area contributed by atoms with Crippen LogP contribution in [0.25, 0.3) is 0 Å². The fraction of sp³-hybridized carbons (Fsp3) is 0.750. The predicted molar refractivity (Wildman–Crippen MR) is 38.8 cm³/mol. The lowest BCUT2D eigenvalue weighted by Gasteiger charge is -2.10. The van der Waals surface area contributed by atoms with Crippen molar-refractivity contribution in [3.05, 3.63) is 12.2 Å². The SMILES string of the molecule is CC=CCCC(C)(C)[O]. The quantitative estimate of drug-likeness (QED) is 0.519. The van der Waals surface area contributed by atoms with Gasteiger partial charge in [0.1, 0.15) is 0 Å². The molecule has 0 aromatic rings. The average Bonchev–Trinajstić information content (AvgIpc) is 1.63. The summed E-state index contributed by atoms with van der Waals surface area (Å²) < 4.78 is 0. The van der Waals surface area contributed by atoms with Crippen LogP contribution < -0.4 is 0 Å². The zero-order valence-corrected chi connectivity index (χ0v) is 6.48. The van der Waals surface area contributed by atoms with Gasteiger partial charge in [0.15, 0.2) is 0 Å². The number of hydrogen-bond donors (Lipinski definition) is 0. The molecule has 0 fully saturated rings. The van der Waals surface area contributed by atoms with Gasteiger partial charge in [-0.3, -0.25) is 0 Å². The van der Waals surface area contributed by atoms with Crippen LogP contribution in [0, 0.1) is 0 Å². The molecule has 0 bridgehead atoms. The molecule has 0 aliphatic carbocycles. The van der Waals surface area contributed by atoms with Gasteiger partial charge in [0.2, 0.25) is 0 Å². The van der Waals surface area contributed by atoms with Gasteiger partial charge in [-0.1, -0.05) is 12.2 Å². The van der Waals surface area contributed by atoms with E-state index in [-0.39, 0.29) is 0 Å². The van der Waals surface area contributed by atoms with Crippen LogP contribution >= 0.6 is 0 Å². The normalized spacial score (nSPS) is 12.9. The molecule has 0 aliphatic rings. The highest BCUT2D eigenvalue weighted by atomic mass is 16.3. The molecule has 9 heavy (non-hydrogen) atoms. The van der Waals surface area contributed by atoms with Gasteiger partial charge in [0.05, 0.1) is 5.60 Å². The van der Waals surface area contributed by atoms with E-state index >= 15 is 0 Å². The van der Waals surface area contributed by atoms with E-state index in [0.29, 0.717) is 0 Å². The van der Waals surface area contributed by atoms with Crippen molar-refractivity contribution in [2.45, 2.75) is 39.2 Å². The minimum absolute atomic E-state index is 0.733. The van der Waals surface area contributed by atoms with Gasteiger partial charge in [-0.25, -0.2) is 5.11 Å². The van der Waals surface area contributed by atoms with Gasteiger partial charge in [0.25, 0.3) is 0 Å². The van der Waals surface area contributed by atoms with Gasteiger partial charge in [-0.2, -0.15) is 0 Å². The maximum atomic E-state index is 10.9. The summed E-state index contributed by atoms with van der Waals surface area (Å²) in [5, 5.41) is 10.9. The smallest absolute Gasteiger partial charge is 0.0983 e. The van der Waals surface area contributed by atoms with Crippen LogP contribution in [0.1, 0.15) is 33.6 Å². The van der Waals surface area contributed by atoms with Gasteiger partial charge < -0.3 is 0 Å². The van der Waals surface area contributed by atoms with Gasteiger partial charge in [-0.15, -0.1) is 0 Å². The summed E-state index contributed by atoms with van der Waals surface area (Å²) in [5.74, 6) is 0. The van der Waals surface area contributed by atoms with Crippen LogP contribution in [0.15, 0.2) is 12.2 Å². The Labute approximate surface area is 57.4 Å². The van der Waals surface area contributed by atoms with Crippen molar-refractivity contribution < 1.29 is 5.11 Å². The third-order valence-electron chi connectivity index (χ3n) is 1.15. The standard InChI is InChI=1S/C8H15O/c1-4-5-6-7-8(2,3)9/h4-5H,6-7H2,1-3H3. The molecule has 0 aliphatic heterocycles. The Morgan fingerprint density at radius 3 is 2.33 bits per heavy atom. The third kappa shape index (κ3) is 7.70. The Bertz CT molecular complexity index is 87.2. The van der Waals surface area contributed by atoms with Crippen molar-refractivity contribution in [2.75, 3.05) is 0 Å². The third-order valence-corrected chi connectivity index (χ3v) is 1.15. The van der Waals surface area contributed by atoms with Gasteiger partial charge in [0, 0.05) is 0 Å². The zero-order valence-electron chi connectivity index (χ0n) is 6.48. The van der Waals surface area contributed by atoms with Crippen molar-refractivity contribution in [1.29, 1.82) is 0 Å². The monoisotopic (exact) mass is 127 g/mol. The van der Waals surface area contributed by atoms with Crippen LogP contribution in [-0.2, 0) is 5.11 Å². The van der Waals surface area contributed by atoms with E-state index in [1.807, 2.05) is 19.1 Å². The first-order valence-electron chi connectivity index (χ1n) is 3.38. The summed E-state index contributed by atoms with van der Waals surface area (Å²) >= 11 is 0. The molecule has 0 aromatic carbocycles. The van der Waals surface area contributed by atoms with E-state index in [4.69, 9.17) is 0 Å². The average molecular weight is 127 g/mol. The molecule has 0 rings (SSSR count). The summed E-state index contributed by atoms with van der Waals surface area (Å²) in [6.07, 6.45) is 5.65. The molecular weight excluding hydrogens is 112 g/mol. The zero-order chi connectivity index (χ0) is 7.33. The molecule has 53 valence electrons. The predicted octanol–water partition coefficient (Wildman–Crippen LogP) is 2.55. The molecule has 0 unspecified atom stereocenters. The molecule has 0 heterocycles. The Morgan fingerprint density at radius 1 is 1.44 bits per heavy atom. The van der Waals surface area contributed by atoms with E-state index in [1.54, 1.807) is 13.8 Å². The Morgan fingerprint density at radius 2 is 2.00 bits per heavy atom. The molecule has 0 saturated carbocycles. The second-order valence-corrected chi connectivity index (χ2v) is 2.87. The maximum absolute atomic E-state index is 10.9. The van der Waals surface area contributed by atoms with E-state index in [9.17, 15) is 5.11 Å². The van der Waals surface area contributed by atoms with Gasteiger partial charge in [-0.05, 0) is 33.6 Å². The molecule has 0 N–H and O–H groups in total. The van der Waals surface area contributed by atoms with Crippen LogP contribution in [0.4, 0.5) is 0 Å². The molecule has 1 nitrogen and oxygen atoms in total. The minimum Gasteiger partial charge on any atom is -0.230 e. The van der Waals surface area contributed by atoms with E-state index in [0.717, 1.165) is 12.8 Å². The molecule has 0 amide bonds. The molecule has 0 saturated heterocycles. The highest BCUT2D eigenvalue weighted by molar-refractivity contribution is 4.79. The first kappa shape index (κ1) is 8.70. The largest absolute Gasteiger partial charge is 0.230 e. The Kier molecular flexibility index (Phi) is 3.55.